The second-order valence-corrected chi connectivity index (χ2v) is 2.85. The molecule has 0 bridgehead atoms. The topological polar surface area (TPSA) is 110 Å². The molecule has 1 aliphatic rings. The average molecular weight is 180 g/mol. The standard InChI is InChI=1S/C6H12O6/c7-2-6(11)4(9)3(8)1-12-5(6)10/h3-5,7-11H,1-2H2/t3-,4-,5+,6-/m0/s1. The van der Waals surface area contributed by atoms with Crippen molar-refractivity contribution >= 4 is 0 Å². The summed E-state index contributed by atoms with van der Waals surface area (Å²) in [6.07, 6.45) is -4.59. The van der Waals surface area contributed by atoms with Crippen LogP contribution < -0.4 is 0 Å². The lowest BCUT2D eigenvalue weighted by molar-refractivity contribution is -0.310. The Morgan fingerprint density at radius 1 is 1.33 bits per heavy atom. The highest BCUT2D eigenvalue weighted by Crippen LogP contribution is 2.24. The molecule has 72 valence electrons. The Morgan fingerprint density at radius 3 is 2.33 bits per heavy atom. The van der Waals surface area contributed by atoms with Crippen LogP contribution in [0.2, 0.25) is 0 Å². The molecule has 1 rings (SSSR count). The molecule has 0 spiro atoms. The zero-order chi connectivity index (χ0) is 9.35. The number of aliphatic hydroxyl groups is 5. The quantitative estimate of drug-likeness (QED) is 0.290. The number of rotatable bonds is 1. The molecular formula is C6H12O6. The average Bonchev–Trinajstić information content (AvgIpc) is 2.08. The van der Waals surface area contributed by atoms with Gasteiger partial charge in [-0.3, -0.25) is 0 Å². The highest BCUT2D eigenvalue weighted by molar-refractivity contribution is 4.95. The normalized spacial score (nSPS) is 49.2. The van der Waals surface area contributed by atoms with Crippen LogP contribution in [0.15, 0.2) is 0 Å². The van der Waals surface area contributed by atoms with Crippen LogP contribution in [0.25, 0.3) is 0 Å². The summed E-state index contributed by atoms with van der Waals surface area (Å²) < 4.78 is 4.50. The summed E-state index contributed by atoms with van der Waals surface area (Å²) in [5, 5.41) is 45.2. The summed E-state index contributed by atoms with van der Waals surface area (Å²) in [6, 6.07) is 0. The minimum atomic E-state index is -2.20. The van der Waals surface area contributed by atoms with Gasteiger partial charge in [0, 0.05) is 0 Å². The molecule has 1 fully saturated rings. The summed E-state index contributed by atoms with van der Waals surface area (Å²) in [5.74, 6) is 0. The Morgan fingerprint density at radius 2 is 1.92 bits per heavy atom. The van der Waals surface area contributed by atoms with Crippen molar-refractivity contribution < 1.29 is 30.3 Å². The van der Waals surface area contributed by atoms with Crippen molar-refractivity contribution in [1.82, 2.24) is 0 Å². The molecule has 1 heterocycles. The van der Waals surface area contributed by atoms with Gasteiger partial charge >= 0.3 is 0 Å². The van der Waals surface area contributed by atoms with E-state index in [-0.39, 0.29) is 6.61 Å². The lowest BCUT2D eigenvalue weighted by Gasteiger charge is -2.41. The number of hydrogen-bond donors (Lipinski definition) is 5. The van der Waals surface area contributed by atoms with E-state index in [1.54, 1.807) is 0 Å². The van der Waals surface area contributed by atoms with Crippen molar-refractivity contribution in [3.8, 4) is 0 Å². The minimum absolute atomic E-state index is 0.273. The zero-order valence-electron chi connectivity index (χ0n) is 6.29. The lowest BCUT2D eigenvalue weighted by Crippen LogP contribution is -2.64. The van der Waals surface area contributed by atoms with Crippen LogP contribution in [0.1, 0.15) is 0 Å². The van der Waals surface area contributed by atoms with Crippen molar-refractivity contribution in [3.63, 3.8) is 0 Å². The molecule has 0 aliphatic carbocycles. The van der Waals surface area contributed by atoms with Crippen LogP contribution in [0.3, 0.4) is 0 Å². The van der Waals surface area contributed by atoms with E-state index in [2.05, 4.69) is 4.74 Å². The van der Waals surface area contributed by atoms with E-state index in [0.717, 1.165) is 0 Å². The van der Waals surface area contributed by atoms with Gasteiger partial charge in [-0.1, -0.05) is 0 Å². The van der Waals surface area contributed by atoms with Gasteiger partial charge in [0.25, 0.3) is 0 Å². The second kappa shape index (κ2) is 3.25. The Hall–Kier alpha value is -0.240. The van der Waals surface area contributed by atoms with E-state index in [4.69, 9.17) is 20.4 Å². The second-order valence-electron chi connectivity index (χ2n) is 2.85. The van der Waals surface area contributed by atoms with E-state index in [9.17, 15) is 5.11 Å². The maximum Gasteiger partial charge on any atom is 0.188 e. The van der Waals surface area contributed by atoms with Gasteiger partial charge in [-0.2, -0.15) is 0 Å². The molecule has 0 aromatic heterocycles. The summed E-state index contributed by atoms with van der Waals surface area (Å²) in [6.45, 7) is -1.16. The first-order chi connectivity index (χ1) is 5.52. The fraction of sp³-hybridized carbons (Fsp3) is 1.00. The fourth-order valence-corrected chi connectivity index (χ4v) is 1.08. The van der Waals surface area contributed by atoms with Gasteiger partial charge in [-0.05, 0) is 0 Å². The van der Waals surface area contributed by atoms with Gasteiger partial charge < -0.3 is 30.3 Å². The first-order valence-electron chi connectivity index (χ1n) is 3.51. The van der Waals surface area contributed by atoms with Crippen LogP contribution in [-0.2, 0) is 4.74 Å². The Balaban J connectivity index is 2.78. The lowest BCUT2D eigenvalue weighted by atomic mass is 9.91. The molecule has 6 nitrogen and oxygen atoms in total. The first kappa shape index (κ1) is 9.85. The smallest absolute Gasteiger partial charge is 0.188 e. The summed E-state index contributed by atoms with van der Waals surface area (Å²) in [5.41, 5.74) is -2.20. The highest BCUT2D eigenvalue weighted by atomic mass is 16.6. The van der Waals surface area contributed by atoms with E-state index in [1.807, 2.05) is 0 Å². The highest BCUT2D eigenvalue weighted by Gasteiger charge is 2.50. The van der Waals surface area contributed by atoms with Gasteiger partial charge in [-0.25, -0.2) is 0 Å². The van der Waals surface area contributed by atoms with E-state index in [1.165, 1.54) is 0 Å². The van der Waals surface area contributed by atoms with Crippen LogP contribution in [0.5, 0.6) is 0 Å². The molecule has 0 aromatic carbocycles. The zero-order valence-corrected chi connectivity index (χ0v) is 6.29. The maximum atomic E-state index is 9.35. The Bertz CT molecular complexity index is 162. The van der Waals surface area contributed by atoms with Gasteiger partial charge in [0.15, 0.2) is 11.9 Å². The predicted molar refractivity (Wildman–Crippen MR) is 36.0 cm³/mol. The third-order valence-electron chi connectivity index (χ3n) is 1.98. The van der Waals surface area contributed by atoms with Gasteiger partial charge in [-0.15, -0.1) is 0 Å². The van der Waals surface area contributed by atoms with E-state index < -0.39 is 30.7 Å². The monoisotopic (exact) mass is 180 g/mol. The van der Waals surface area contributed by atoms with Gasteiger partial charge in [0.1, 0.15) is 12.2 Å². The molecular weight excluding hydrogens is 168 g/mol. The number of aliphatic hydroxyl groups excluding tert-OH is 4. The third-order valence-corrected chi connectivity index (χ3v) is 1.98. The molecule has 1 aliphatic heterocycles. The Labute approximate surface area is 68.6 Å². The van der Waals surface area contributed by atoms with Crippen LogP contribution >= 0.6 is 0 Å². The van der Waals surface area contributed by atoms with Crippen molar-refractivity contribution in [2.45, 2.75) is 24.1 Å². The molecule has 12 heavy (non-hydrogen) atoms. The van der Waals surface area contributed by atoms with Crippen molar-refractivity contribution in [2.24, 2.45) is 0 Å². The SMILES string of the molecule is OC[C@@]1(O)[C@H](O)OC[C@H](O)[C@@H]1O. The molecule has 0 aromatic rings. The largest absolute Gasteiger partial charge is 0.393 e. The Kier molecular flexibility index (Phi) is 2.67. The third kappa shape index (κ3) is 1.33. The molecule has 4 atom stereocenters. The molecule has 0 radical (unpaired) electrons. The fourth-order valence-electron chi connectivity index (χ4n) is 1.08. The number of ether oxygens (including phenoxy) is 1. The van der Waals surface area contributed by atoms with Crippen molar-refractivity contribution in [3.05, 3.63) is 0 Å². The molecule has 0 amide bonds. The summed E-state index contributed by atoms with van der Waals surface area (Å²) in [7, 11) is 0. The molecule has 0 saturated carbocycles. The van der Waals surface area contributed by atoms with Crippen LogP contribution in [0, 0.1) is 0 Å². The van der Waals surface area contributed by atoms with Crippen molar-refractivity contribution in [2.75, 3.05) is 13.2 Å². The molecule has 6 heteroatoms. The predicted octanol–water partition coefficient (Wildman–Crippen LogP) is -3.22. The summed E-state index contributed by atoms with van der Waals surface area (Å²) in [4.78, 5) is 0. The van der Waals surface area contributed by atoms with Crippen molar-refractivity contribution in [1.29, 1.82) is 0 Å². The van der Waals surface area contributed by atoms with Crippen LogP contribution in [-0.4, -0.2) is 62.8 Å². The molecule has 1 saturated heterocycles. The number of hydrogen-bond acceptors (Lipinski definition) is 6. The van der Waals surface area contributed by atoms with E-state index >= 15 is 0 Å². The van der Waals surface area contributed by atoms with Crippen LogP contribution in [0.4, 0.5) is 0 Å². The minimum Gasteiger partial charge on any atom is -0.393 e. The van der Waals surface area contributed by atoms with E-state index in [0.29, 0.717) is 0 Å². The first-order valence-corrected chi connectivity index (χ1v) is 3.51. The van der Waals surface area contributed by atoms with Gasteiger partial charge in [0.05, 0.1) is 13.2 Å². The summed E-state index contributed by atoms with van der Waals surface area (Å²) >= 11 is 0. The molecule has 5 N–H and O–H groups in total. The van der Waals surface area contributed by atoms with Gasteiger partial charge in [0.2, 0.25) is 0 Å². The molecule has 0 unspecified atom stereocenters. The maximum absolute atomic E-state index is 9.35.